The molecule has 1 N–H and O–H groups in total. The second-order valence-corrected chi connectivity index (χ2v) is 8.34. The molecule has 3 aromatic rings. The average Bonchev–Trinajstić information content (AvgIpc) is 3.02. The van der Waals surface area contributed by atoms with Crippen molar-refractivity contribution < 1.29 is 18.0 Å². The van der Waals surface area contributed by atoms with Crippen LogP contribution in [0.1, 0.15) is 23.3 Å². The quantitative estimate of drug-likeness (QED) is 0.630. The first-order valence-corrected chi connectivity index (χ1v) is 10.1. The van der Waals surface area contributed by atoms with E-state index in [1.165, 1.54) is 4.88 Å². The van der Waals surface area contributed by atoms with Gasteiger partial charge in [0.25, 0.3) is 0 Å². The summed E-state index contributed by atoms with van der Waals surface area (Å²) in [6.07, 6.45) is 2.65. The number of halogens is 3. The van der Waals surface area contributed by atoms with Crippen LogP contribution in [0.4, 0.5) is 24.7 Å². The molecular formula is C20H19F3N4OS. The number of anilines is 2. The van der Waals surface area contributed by atoms with Crippen LogP contribution in [0.2, 0.25) is 0 Å². The van der Waals surface area contributed by atoms with Crippen molar-refractivity contribution in [3.8, 4) is 0 Å². The highest BCUT2D eigenvalue weighted by Crippen LogP contribution is 2.35. The maximum atomic E-state index is 13.8. The lowest BCUT2D eigenvalue weighted by Gasteiger charge is -2.32. The molecule has 3 heterocycles. The number of aromatic nitrogens is 2. The van der Waals surface area contributed by atoms with Crippen LogP contribution in [0.3, 0.4) is 0 Å². The maximum Gasteiger partial charge on any atom is 0.227 e. The van der Waals surface area contributed by atoms with Gasteiger partial charge in [0.05, 0.1) is 11.1 Å². The summed E-state index contributed by atoms with van der Waals surface area (Å²) in [5.41, 5.74) is 0.812. The zero-order chi connectivity index (χ0) is 20.7. The van der Waals surface area contributed by atoms with Crippen molar-refractivity contribution in [2.45, 2.75) is 26.7 Å². The number of hydrogen-bond donors (Lipinski definition) is 1. The zero-order valence-corrected chi connectivity index (χ0v) is 16.7. The molecule has 1 aliphatic heterocycles. The molecule has 0 atom stereocenters. The number of fused-ring (bicyclic) bond motifs is 1. The summed E-state index contributed by atoms with van der Waals surface area (Å²) < 4.78 is 40.2. The Bertz CT molecular complexity index is 1090. The summed E-state index contributed by atoms with van der Waals surface area (Å²) in [4.78, 5) is 25.6. The van der Waals surface area contributed by atoms with Crippen LogP contribution >= 0.6 is 11.3 Å². The summed E-state index contributed by atoms with van der Waals surface area (Å²) in [5, 5.41) is 3.42. The lowest BCUT2D eigenvalue weighted by molar-refractivity contribution is -0.120. The van der Waals surface area contributed by atoms with Crippen LogP contribution in [0.15, 0.2) is 18.5 Å². The number of rotatable bonds is 3. The average molecular weight is 420 g/mol. The molecule has 0 radical (unpaired) electrons. The van der Waals surface area contributed by atoms with Gasteiger partial charge in [0, 0.05) is 23.9 Å². The number of piperidine rings is 1. The van der Waals surface area contributed by atoms with E-state index >= 15 is 0 Å². The van der Waals surface area contributed by atoms with Crippen LogP contribution in [0, 0.1) is 37.2 Å². The normalized spacial score (nSPS) is 15.1. The van der Waals surface area contributed by atoms with E-state index in [2.05, 4.69) is 34.0 Å². The van der Waals surface area contributed by atoms with Crippen molar-refractivity contribution in [3.05, 3.63) is 46.4 Å². The van der Waals surface area contributed by atoms with E-state index in [-0.39, 0.29) is 11.6 Å². The molecule has 0 unspecified atom stereocenters. The summed E-state index contributed by atoms with van der Waals surface area (Å²) in [6, 6.07) is 1.82. The molecule has 0 spiro atoms. The standard InChI is InChI=1S/C20H19F3N4OS/c1-10-11(2)29-20-15(10)18(24-9-25-20)27-7-5-12(6-8-27)19(28)26-14-4-3-13(21)16(22)17(14)23/h3-4,9,12H,5-8H2,1-2H3,(H,26,28). The van der Waals surface area contributed by atoms with Crippen LogP contribution in [0.5, 0.6) is 0 Å². The largest absolute Gasteiger partial charge is 0.356 e. The van der Waals surface area contributed by atoms with Crippen molar-refractivity contribution in [2.75, 3.05) is 23.3 Å². The van der Waals surface area contributed by atoms with Gasteiger partial charge < -0.3 is 10.2 Å². The molecular weight excluding hydrogens is 401 g/mol. The second kappa shape index (κ2) is 7.62. The van der Waals surface area contributed by atoms with E-state index in [0.29, 0.717) is 25.9 Å². The monoisotopic (exact) mass is 420 g/mol. The Labute approximate surface area is 169 Å². The summed E-state index contributed by atoms with van der Waals surface area (Å²) in [6.45, 7) is 5.33. The highest BCUT2D eigenvalue weighted by Gasteiger charge is 2.28. The Morgan fingerprint density at radius 2 is 1.86 bits per heavy atom. The third-order valence-electron chi connectivity index (χ3n) is 5.40. The van der Waals surface area contributed by atoms with Crippen LogP contribution < -0.4 is 10.2 Å². The number of benzene rings is 1. The van der Waals surface area contributed by atoms with Gasteiger partial charge in [-0.25, -0.2) is 23.1 Å². The minimum atomic E-state index is -1.59. The topological polar surface area (TPSA) is 58.1 Å². The fourth-order valence-corrected chi connectivity index (χ4v) is 4.61. The number of carbonyl (C=O) groups is 1. The van der Waals surface area contributed by atoms with Gasteiger partial charge in [-0.3, -0.25) is 4.79 Å². The number of nitrogens with zero attached hydrogens (tertiary/aromatic N) is 3. The predicted molar refractivity (Wildman–Crippen MR) is 107 cm³/mol. The Kier molecular flexibility index (Phi) is 5.16. The first-order chi connectivity index (χ1) is 13.9. The van der Waals surface area contributed by atoms with Crippen molar-refractivity contribution in [2.24, 2.45) is 5.92 Å². The number of hydrogen-bond acceptors (Lipinski definition) is 5. The summed E-state index contributed by atoms with van der Waals surface area (Å²) in [7, 11) is 0. The fraction of sp³-hybridized carbons (Fsp3) is 0.350. The number of nitrogens with one attached hydrogen (secondary N) is 1. The molecule has 2 aromatic heterocycles. The predicted octanol–water partition coefficient (Wildman–Crippen LogP) is 4.58. The molecule has 1 aliphatic rings. The van der Waals surface area contributed by atoms with Gasteiger partial charge >= 0.3 is 0 Å². The Balaban J connectivity index is 1.46. The molecule has 0 bridgehead atoms. The third kappa shape index (κ3) is 3.55. The van der Waals surface area contributed by atoms with E-state index in [9.17, 15) is 18.0 Å². The molecule has 1 fully saturated rings. The van der Waals surface area contributed by atoms with Gasteiger partial charge in [0.15, 0.2) is 17.5 Å². The van der Waals surface area contributed by atoms with Gasteiger partial charge in [-0.2, -0.15) is 0 Å². The lowest BCUT2D eigenvalue weighted by atomic mass is 9.95. The SMILES string of the molecule is Cc1sc2ncnc(N3CCC(C(=O)Nc4ccc(F)c(F)c4F)CC3)c2c1C. The van der Waals surface area contributed by atoms with E-state index < -0.39 is 23.4 Å². The molecule has 29 heavy (non-hydrogen) atoms. The van der Waals surface area contributed by atoms with Crippen molar-refractivity contribution in [1.82, 2.24) is 9.97 Å². The molecule has 9 heteroatoms. The number of carbonyl (C=O) groups excluding carboxylic acids is 1. The number of amides is 1. The minimum absolute atomic E-state index is 0.346. The van der Waals surface area contributed by atoms with Crippen LogP contribution in [-0.2, 0) is 4.79 Å². The highest BCUT2D eigenvalue weighted by molar-refractivity contribution is 7.18. The molecule has 5 nitrogen and oxygen atoms in total. The molecule has 4 rings (SSSR count). The van der Waals surface area contributed by atoms with Gasteiger partial charge in [0.1, 0.15) is 17.0 Å². The van der Waals surface area contributed by atoms with E-state index in [0.717, 1.165) is 33.7 Å². The number of aryl methyl sites for hydroxylation is 2. The Hall–Kier alpha value is -2.68. The Morgan fingerprint density at radius 3 is 2.59 bits per heavy atom. The van der Waals surface area contributed by atoms with Gasteiger partial charge in [-0.1, -0.05) is 0 Å². The minimum Gasteiger partial charge on any atom is -0.356 e. The van der Waals surface area contributed by atoms with Crippen molar-refractivity contribution in [1.29, 1.82) is 0 Å². The van der Waals surface area contributed by atoms with E-state index in [1.54, 1.807) is 17.7 Å². The summed E-state index contributed by atoms with van der Waals surface area (Å²) >= 11 is 1.63. The molecule has 0 saturated carbocycles. The molecule has 1 aromatic carbocycles. The summed E-state index contributed by atoms with van der Waals surface area (Å²) in [5.74, 6) is -4.15. The smallest absolute Gasteiger partial charge is 0.227 e. The van der Waals surface area contributed by atoms with E-state index in [1.807, 2.05) is 0 Å². The zero-order valence-electron chi connectivity index (χ0n) is 15.9. The molecule has 1 amide bonds. The van der Waals surface area contributed by atoms with Crippen molar-refractivity contribution in [3.63, 3.8) is 0 Å². The van der Waals surface area contributed by atoms with Gasteiger partial charge in [-0.05, 0) is 44.4 Å². The molecule has 152 valence electrons. The first-order valence-electron chi connectivity index (χ1n) is 9.26. The van der Waals surface area contributed by atoms with Gasteiger partial charge in [0.2, 0.25) is 5.91 Å². The van der Waals surface area contributed by atoms with Crippen LogP contribution in [0.25, 0.3) is 10.2 Å². The third-order valence-corrected chi connectivity index (χ3v) is 6.52. The molecule has 1 saturated heterocycles. The van der Waals surface area contributed by atoms with Gasteiger partial charge in [-0.15, -0.1) is 11.3 Å². The fourth-order valence-electron chi connectivity index (χ4n) is 3.61. The van der Waals surface area contributed by atoms with E-state index in [4.69, 9.17) is 0 Å². The lowest BCUT2D eigenvalue weighted by Crippen LogP contribution is -2.38. The highest BCUT2D eigenvalue weighted by atomic mass is 32.1. The number of thiophene rings is 1. The second-order valence-electron chi connectivity index (χ2n) is 7.13. The molecule has 0 aliphatic carbocycles. The maximum absolute atomic E-state index is 13.8. The van der Waals surface area contributed by atoms with Crippen molar-refractivity contribution >= 4 is 39.0 Å². The Morgan fingerprint density at radius 1 is 1.14 bits per heavy atom. The van der Waals surface area contributed by atoms with Crippen LogP contribution in [-0.4, -0.2) is 29.0 Å². The first kappa shape index (κ1) is 19.6.